The number of hydrogen-bond acceptors (Lipinski definition) is 4. The van der Waals surface area contributed by atoms with Crippen LogP contribution in [0.25, 0.3) is 5.69 Å². The summed E-state index contributed by atoms with van der Waals surface area (Å²) in [6, 6.07) is 8.42. The first-order chi connectivity index (χ1) is 11.4. The molecule has 2 amide bonds. The Morgan fingerprint density at radius 2 is 2.08 bits per heavy atom. The number of primary amides is 1. The van der Waals surface area contributed by atoms with Crippen LogP contribution in [0.4, 0.5) is 4.79 Å². The van der Waals surface area contributed by atoms with E-state index >= 15 is 0 Å². The molecule has 2 rings (SSSR count). The molecule has 3 N–H and O–H groups in total. The number of hydrogen-bond donors (Lipinski definition) is 2. The molecule has 0 saturated heterocycles. The van der Waals surface area contributed by atoms with E-state index in [1.165, 1.54) is 6.21 Å². The summed E-state index contributed by atoms with van der Waals surface area (Å²) in [6.07, 6.45) is 1.53. The molecule has 7 heteroatoms. The predicted octanol–water partition coefficient (Wildman–Crippen LogP) is 2.27. The molecule has 0 fully saturated rings. The van der Waals surface area contributed by atoms with Crippen LogP contribution in [-0.4, -0.2) is 29.4 Å². The third-order valence-corrected chi connectivity index (χ3v) is 3.46. The fraction of sp³-hybridized carbons (Fsp3) is 0.235. The first-order valence-corrected chi connectivity index (χ1v) is 7.49. The lowest BCUT2D eigenvalue weighted by Crippen LogP contribution is -2.24. The van der Waals surface area contributed by atoms with E-state index in [4.69, 9.17) is 10.5 Å². The molecule has 126 valence electrons. The molecule has 1 aromatic carbocycles. The van der Waals surface area contributed by atoms with Crippen LogP contribution < -0.4 is 11.2 Å². The highest BCUT2D eigenvalue weighted by Crippen LogP contribution is 2.21. The van der Waals surface area contributed by atoms with Crippen molar-refractivity contribution in [2.24, 2.45) is 10.8 Å². The lowest BCUT2D eigenvalue weighted by molar-refractivity contribution is 0.0526. The van der Waals surface area contributed by atoms with E-state index in [1.54, 1.807) is 19.1 Å². The van der Waals surface area contributed by atoms with E-state index < -0.39 is 6.03 Å². The Bertz CT molecular complexity index is 793. The molecule has 0 aliphatic carbocycles. The molecular weight excluding hydrogens is 308 g/mol. The zero-order valence-corrected chi connectivity index (χ0v) is 13.9. The average Bonchev–Trinajstić information content (AvgIpc) is 2.81. The van der Waals surface area contributed by atoms with Crippen LogP contribution in [0.3, 0.4) is 0 Å². The van der Waals surface area contributed by atoms with Crippen molar-refractivity contribution >= 4 is 18.2 Å². The Balaban J connectivity index is 2.37. The molecule has 1 heterocycles. The molecule has 0 atom stereocenters. The molecule has 0 spiro atoms. The van der Waals surface area contributed by atoms with E-state index in [0.717, 1.165) is 22.6 Å². The average molecular weight is 328 g/mol. The number of nitrogens with two attached hydrogens (primary N) is 1. The Morgan fingerprint density at radius 1 is 1.33 bits per heavy atom. The summed E-state index contributed by atoms with van der Waals surface area (Å²) in [5.41, 5.74) is 11.2. The summed E-state index contributed by atoms with van der Waals surface area (Å²) >= 11 is 0. The number of carbonyl (C=O) groups is 2. The first kappa shape index (κ1) is 17.3. The van der Waals surface area contributed by atoms with Crippen LogP contribution in [0, 0.1) is 13.8 Å². The van der Waals surface area contributed by atoms with Gasteiger partial charge in [0.1, 0.15) is 0 Å². The van der Waals surface area contributed by atoms with Crippen molar-refractivity contribution in [1.29, 1.82) is 0 Å². The van der Waals surface area contributed by atoms with Gasteiger partial charge < -0.3 is 15.0 Å². The maximum absolute atomic E-state index is 11.9. The molecule has 2 aromatic rings. The van der Waals surface area contributed by atoms with Crippen molar-refractivity contribution in [3.8, 4) is 5.69 Å². The monoisotopic (exact) mass is 328 g/mol. The third kappa shape index (κ3) is 3.81. The highest BCUT2D eigenvalue weighted by Gasteiger charge is 2.12. The van der Waals surface area contributed by atoms with Gasteiger partial charge >= 0.3 is 12.0 Å². The Labute approximate surface area is 140 Å². The number of nitrogens with zero attached hydrogens (tertiary/aromatic N) is 2. The molecule has 0 radical (unpaired) electrons. The molecule has 0 unspecified atom stereocenters. The van der Waals surface area contributed by atoms with E-state index in [2.05, 4.69) is 10.5 Å². The van der Waals surface area contributed by atoms with Gasteiger partial charge in [-0.1, -0.05) is 6.07 Å². The zero-order chi connectivity index (χ0) is 17.7. The Kier molecular flexibility index (Phi) is 5.36. The summed E-state index contributed by atoms with van der Waals surface area (Å²) in [5.74, 6) is -0.353. The van der Waals surface area contributed by atoms with E-state index in [1.807, 2.05) is 36.6 Å². The minimum atomic E-state index is -0.720. The standard InChI is InChI=1S/C17H20N4O3/c1-4-24-16(22)13-6-5-7-15(9-13)21-11(2)8-14(12(21)3)10-19-20-17(18)23/h5-10H,4H2,1-3H3,(H3,18,20,23)/b19-10-. The van der Waals surface area contributed by atoms with Gasteiger partial charge in [0.25, 0.3) is 0 Å². The van der Waals surface area contributed by atoms with Gasteiger partial charge in [-0.3, -0.25) is 0 Å². The molecule has 0 saturated carbocycles. The fourth-order valence-corrected chi connectivity index (χ4v) is 2.47. The second kappa shape index (κ2) is 7.45. The number of urea groups is 1. The molecule has 0 aliphatic heterocycles. The van der Waals surface area contributed by atoms with E-state index in [-0.39, 0.29) is 5.97 Å². The molecule has 24 heavy (non-hydrogen) atoms. The summed E-state index contributed by atoms with van der Waals surface area (Å²) < 4.78 is 7.03. The normalized spacial score (nSPS) is 10.8. The van der Waals surface area contributed by atoms with Crippen molar-refractivity contribution in [3.05, 3.63) is 52.8 Å². The minimum absolute atomic E-state index is 0.331. The number of aryl methyl sites for hydroxylation is 1. The maximum Gasteiger partial charge on any atom is 0.338 e. The summed E-state index contributed by atoms with van der Waals surface area (Å²) in [6.45, 7) is 5.98. The lowest BCUT2D eigenvalue weighted by Gasteiger charge is -2.11. The van der Waals surface area contributed by atoms with E-state index in [0.29, 0.717) is 12.2 Å². The topological polar surface area (TPSA) is 98.7 Å². The van der Waals surface area contributed by atoms with Gasteiger partial charge in [-0.2, -0.15) is 5.10 Å². The summed E-state index contributed by atoms with van der Waals surface area (Å²) in [5, 5.41) is 3.78. The highest BCUT2D eigenvalue weighted by atomic mass is 16.5. The number of hydrazone groups is 1. The third-order valence-electron chi connectivity index (χ3n) is 3.46. The van der Waals surface area contributed by atoms with Gasteiger partial charge in [0.05, 0.1) is 18.4 Å². The maximum atomic E-state index is 11.9. The largest absolute Gasteiger partial charge is 0.462 e. The molecule has 7 nitrogen and oxygen atoms in total. The van der Waals surface area contributed by atoms with Crippen LogP contribution in [0.1, 0.15) is 34.2 Å². The zero-order valence-electron chi connectivity index (χ0n) is 13.9. The van der Waals surface area contributed by atoms with Gasteiger partial charge in [-0.15, -0.1) is 0 Å². The second-order valence-electron chi connectivity index (χ2n) is 5.17. The molecular formula is C17H20N4O3. The van der Waals surface area contributed by atoms with Crippen LogP contribution in [0.2, 0.25) is 0 Å². The Hall–Kier alpha value is -3.09. The number of aromatic nitrogens is 1. The van der Waals surface area contributed by atoms with Gasteiger partial charge in [-0.05, 0) is 45.0 Å². The number of carbonyl (C=O) groups excluding carboxylic acids is 2. The number of benzene rings is 1. The highest BCUT2D eigenvalue weighted by molar-refractivity contribution is 5.90. The number of amides is 2. The van der Waals surface area contributed by atoms with Gasteiger partial charge in [0.15, 0.2) is 0 Å². The number of ether oxygens (including phenoxy) is 1. The van der Waals surface area contributed by atoms with E-state index in [9.17, 15) is 9.59 Å². The van der Waals surface area contributed by atoms with Gasteiger partial charge in [0, 0.05) is 22.6 Å². The van der Waals surface area contributed by atoms with Crippen molar-refractivity contribution < 1.29 is 14.3 Å². The molecule has 0 aliphatic rings. The minimum Gasteiger partial charge on any atom is -0.462 e. The van der Waals surface area contributed by atoms with Crippen molar-refractivity contribution in [2.75, 3.05) is 6.61 Å². The SMILES string of the molecule is CCOC(=O)c1cccc(-n2c(C)cc(/C=N\NC(N)=O)c2C)c1. The smallest absolute Gasteiger partial charge is 0.338 e. The second-order valence-corrected chi connectivity index (χ2v) is 5.17. The Morgan fingerprint density at radius 3 is 2.75 bits per heavy atom. The first-order valence-electron chi connectivity index (χ1n) is 7.49. The van der Waals surface area contributed by atoms with Crippen LogP contribution in [-0.2, 0) is 4.74 Å². The van der Waals surface area contributed by atoms with Crippen LogP contribution >= 0.6 is 0 Å². The predicted molar refractivity (Wildman–Crippen MR) is 91.5 cm³/mol. The van der Waals surface area contributed by atoms with Gasteiger partial charge in [0.2, 0.25) is 0 Å². The van der Waals surface area contributed by atoms with Crippen LogP contribution in [0.5, 0.6) is 0 Å². The fourth-order valence-electron chi connectivity index (χ4n) is 2.47. The number of rotatable bonds is 5. The molecule has 0 bridgehead atoms. The number of nitrogens with one attached hydrogen (secondary N) is 1. The van der Waals surface area contributed by atoms with Gasteiger partial charge in [-0.25, -0.2) is 15.0 Å². The lowest BCUT2D eigenvalue weighted by atomic mass is 10.2. The van der Waals surface area contributed by atoms with Crippen LogP contribution in [0.15, 0.2) is 35.4 Å². The quantitative estimate of drug-likeness (QED) is 0.500. The van der Waals surface area contributed by atoms with Crippen molar-refractivity contribution in [3.63, 3.8) is 0 Å². The van der Waals surface area contributed by atoms with Crippen molar-refractivity contribution in [2.45, 2.75) is 20.8 Å². The van der Waals surface area contributed by atoms with Crippen molar-refractivity contribution in [1.82, 2.24) is 9.99 Å². The summed E-state index contributed by atoms with van der Waals surface area (Å²) in [7, 11) is 0. The number of esters is 1. The molecule has 1 aromatic heterocycles. The summed E-state index contributed by atoms with van der Waals surface area (Å²) in [4.78, 5) is 22.6.